The first-order valence-electron chi connectivity index (χ1n) is 3.81. The summed E-state index contributed by atoms with van der Waals surface area (Å²) in [5.74, 6) is 0. The van der Waals surface area contributed by atoms with Crippen molar-refractivity contribution in [3.63, 3.8) is 0 Å². The van der Waals surface area contributed by atoms with Crippen LogP contribution in [-0.2, 0) is 4.74 Å². The second-order valence-corrected chi connectivity index (χ2v) is 2.23. The van der Waals surface area contributed by atoms with Crippen molar-refractivity contribution in [2.24, 2.45) is 5.11 Å². The van der Waals surface area contributed by atoms with Gasteiger partial charge in [0.25, 0.3) is 0 Å². The molecule has 0 aromatic rings. The van der Waals surface area contributed by atoms with Crippen LogP contribution in [0.15, 0.2) is 5.11 Å². The number of hydrogen-bond acceptors (Lipinski definition) is 4. The van der Waals surface area contributed by atoms with E-state index in [1.807, 2.05) is 6.92 Å². The molecule has 0 saturated heterocycles. The number of nitrogens with zero attached hydrogens (tertiary/aromatic N) is 2. The highest BCUT2D eigenvalue weighted by Gasteiger charge is 2.12. The lowest BCUT2D eigenvalue weighted by Gasteiger charge is -2.11. The van der Waals surface area contributed by atoms with E-state index in [9.17, 15) is 4.79 Å². The number of rotatable bonds is 6. The van der Waals surface area contributed by atoms with E-state index in [2.05, 4.69) is 15.3 Å². The normalized spacial score (nSPS) is 11.5. The Balaban J connectivity index is 3.86. The molecular weight excluding hydrogens is 176 g/mol. The molecule has 0 fully saturated rings. The number of carboxylic acid groups (broad SMARTS) is 1. The Morgan fingerprint density at radius 3 is 3.00 bits per heavy atom. The third-order valence-corrected chi connectivity index (χ3v) is 1.22. The fourth-order valence-corrected chi connectivity index (χ4v) is 0.714. The molecule has 0 bridgehead atoms. The van der Waals surface area contributed by atoms with Crippen molar-refractivity contribution in [1.29, 1.82) is 5.53 Å². The highest BCUT2D eigenvalue weighted by atomic mass is 16.5. The Morgan fingerprint density at radius 1 is 1.85 bits per heavy atom. The van der Waals surface area contributed by atoms with E-state index >= 15 is 0 Å². The molecule has 0 radical (unpaired) electrons. The van der Waals surface area contributed by atoms with Crippen molar-refractivity contribution < 1.29 is 14.6 Å². The highest BCUT2D eigenvalue weighted by molar-refractivity contribution is 5.64. The van der Waals surface area contributed by atoms with Gasteiger partial charge in [-0.05, 0) is 6.92 Å². The molecule has 0 aliphatic heterocycles. The van der Waals surface area contributed by atoms with E-state index in [4.69, 9.17) is 15.4 Å². The molecular formula is C6H13N4O3+. The topological polar surface area (TPSA) is 109 Å². The first-order chi connectivity index (χ1) is 6.20. The number of nitrogens with one attached hydrogen (secondary N) is 2. The lowest BCUT2D eigenvalue weighted by atomic mass is 10.3. The second-order valence-electron chi connectivity index (χ2n) is 2.23. The molecule has 0 rings (SSSR count). The monoisotopic (exact) mass is 189 g/mol. The summed E-state index contributed by atoms with van der Waals surface area (Å²) in [6, 6.07) is -0.438. The minimum atomic E-state index is -1.13. The summed E-state index contributed by atoms with van der Waals surface area (Å²) >= 11 is 0. The Labute approximate surface area is 75.3 Å². The zero-order chi connectivity index (χ0) is 10.1. The molecule has 7 heteroatoms. The van der Waals surface area contributed by atoms with Crippen molar-refractivity contribution >= 4 is 6.09 Å². The van der Waals surface area contributed by atoms with E-state index in [1.54, 1.807) is 0 Å². The maximum absolute atomic E-state index is 10.3. The summed E-state index contributed by atoms with van der Waals surface area (Å²) in [7, 11) is 0. The van der Waals surface area contributed by atoms with Crippen LogP contribution < -0.4 is 10.2 Å². The standard InChI is InChI=1S/C6H12N4O3/c1-2-13-4-5(3-8-10-7)9-6(11)12/h5,7,9H,2-4H2,1H3/p+1. The van der Waals surface area contributed by atoms with Gasteiger partial charge in [-0.25, -0.2) is 4.79 Å². The maximum atomic E-state index is 10.3. The number of amides is 1. The van der Waals surface area contributed by atoms with Gasteiger partial charge in [-0.2, -0.15) is 0 Å². The minimum absolute atomic E-state index is 0.121. The van der Waals surface area contributed by atoms with Crippen LogP contribution in [0.3, 0.4) is 0 Å². The zero-order valence-electron chi connectivity index (χ0n) is 7.36. The van der Waals surface area contributed by atoms with Gasteiger partial charge in [0.15, 0.2) is 0 Å². The van der Waals surface area contributed by atoms with E-state index < -0.39 is 12.1 Å². The molecule has 0 heterocycles. The van der Waals surface area contributed by atoms with Gasteiger partial charge in [-0.1, -0.05) is 0 Å². The minimum Gasteiger partial charge on any atom is -0.465 e. The first-order valence-corrected chi connectivity index (χ1v) is 3.81. The summed E-state index contributed by atoms with van der Waals surface area (Å²) in [4.78, 5) is 13.0. The van der Waals surface area contributed by atoms with Crippen molar-refractivity contribution in [2.45, 2.75) is 13.0 Å². The van der Waals surface area contributed by atoms with Gasteiger partial charge in [0.05, 0.1) is 12.6 Å². The zero-order valence-corrected chi connectivity index (χ0v) is 7.36. The Kier molecular flexibility index (Phi) is 6.39. The van der Waals surface area contributed by atoms with Crippen LogP contribution >= 0.6 is 0 Å². The fourth-order valence-electron chi connectivity index (χ4n) is 0.714. The van der Waals surface area contributed by atoms with E-state index in [0.29, 0.717) is 6.61 Å². The van der Waals surface area contributed by atoms with Crippen LogP contribution in [0, 0.1) is 5.53 Å². The average molecular weight is 189 g/mol. The largest absolute Gasteiger partial charge is 0.465 e. The fraction of sp³-hybridized carbons (Fsp3) is 0.833. The molecule has 0 aliphatic carbocycles. The Bertz CT molecular complexity index is 198. The van der Waals surface area contributed by atoms with Crippen LogP contribution in [0.5, 0.6) is 0 Å². The van der Waals surface area contributed by atoms with Gasteiger partial charge in [0, 0.05) is 6.61 Å². The van der Waals surface area contributed by atoms with Gasteiger partial charge >= 0.3 is 6.09 Å². The van der Waals surface area contributed by atoms with Crippen molar-refractivity contribution in [2.75, 3.05) is 19.8 Å². The molecule has 1 atom stereocenters. The van der Waals surface area contributed by atoms with Crippen LogP contribution in [-0.4, -0.2) is 37.0 Å². The Hall–Kier alpha value is -1.46. The summed E-state index contributed by atoms with van der Waals surface area (Å²) in [5.41, 5.74) is 6.40. The molecule has 7 nitrogen and oxygen atoms in total. The molecule has 13 heavy (non-hydrogen) atoms. The van der Waals surface area contributed by atoms with Gasteiger partial charge in [0.1, 0.15) is 17.2 Å². The predicted octanol–water partition coefficient (Wildman–Crippen LogP) is 0.209. The van der Waals surface area contributed by atoms with E-state index in [0.717, 1.165) is 0 Å². The number of carbonyl (C=O) groups is 1. The van der Waals surface area contributed by atoms with E-state index in [-0.39, 0.29) is 13.2 Å². The van der Waals surface area contributed by atoms with Crippen LogP contribution in [0.4, 0.5) is 4.79 Å². The third-order valence-electron chi connectivity index (χ3n) is 1.22. The first kappa shape index (κ1) is 11.5. The molecule has 1 unspecified atom stereocenters. The SMILES string of the molecule is CCOCC(CN=[N+]=N)NC(=O)O. The molecule has 74 valence electrons. The van der Waals surface area contributed by atoms with Gasteiger partial charge < -0.3 is 15.2 Å². The molecule has 3 N–H and O–H groups in total. The third kappa shape index (κ3) is 6.92. The number of hydrogen-bond donors (Lipinski definition) is 3. The average Bonchev–Trinajstić information content (AvgIpc) is 2.09. The number of ether oxygens (including phenoxy) is 1. The lowest BCUT2D eigenvalue weighted by molar-refractivity contribution is 0.120. The summed E-state index contributed by atoms with van der Waals surface area (Å²) in [6.07, 6.45) is -1.13. The van der Waals surface area contributed by atoms with Gasteiger partial charge in [-0.15, -0.1) is 0 Å². The predicted molar refractivity (Wildman–Crippen MR) is 43.6 cm³/mol. The Morgan fingerprint density at radius 2 is 2.54 bits per heavy atom. The lowest BCUT2D eigenvalue weighted by Crippen LogP contribution is -2.39. The molecule has 0 spiro atoms. The van der Waals surface area contributed by atoms with E-state index in [1.165, 1.54) is 0 Å². The van der Waals surface area contributed by atoms with Crippen molar-refractivity contribution in [3.8, 4) is 0 Å². The van der Waals surface area contributed by atoms with Crippen molar-refractivity contribution in [3.05, 3.63) is 0 Å². The quantitative estimate of drug-likeness (QED) is 0.410. The van der Waals surface area contributed by atoms with Gasteiger partial charge in [0.2, 0.25) is 4.91 Å². The van der Waals surface area contributed by atoms with Crippen LogP contribution in [0.25, 0.3) is 0 Å². The molecule has 0 aliphatic rings. The molecule has 0 saturated carbocycles. The summed E-state index contributed by atoms with van der Waals surface area (Å²) in [6.45, 7) is 2.68. The summed E-state index contributed by atoms with van der Waals surface area (Å²) < 4.78 is 5.00. The smallest absolute Gasteiger partial charge is 0.405 e. The van der Waals surface area contributed by atoms with Crippen LogP contribution in [0.1, 0.15) is 6.92 Å². The summed E-state index contributed by atoms with van der Waals surface area (Å²) in [5, 5.41) is 14.0. The molecule has 0 aromatic carbocycles. The van der Waals surface area contributed by atoms with Crippen LogP contribution in [0.2, 0.25) is 0 Å². The van der Waals surface area contributed by atoms with Crippen molar-refractivity contribution in [1.82, 2.24) is 10.2 Å². The highest BCUT2D eigenvalue weighted by Crippen LogP contribution is 1.87. The maximum Gasteiger partial charge on any atom is 0.405 e. The molecule has 0 aromatic heterocycles. The second kappa shape index (κ2) is 7.20. The molecule has 1 amide bonds. The van der Waals surface area contributed by atoms with Gasteiger partial charge in [-0.3, -0.25) is 0 Å².